The molecule has 0 aliphatic rings. The van der Waals surface area contributed by atoms with E-state index in [-0.39, 0.29) is 23.3 Å². The lowest BCUT2D eigenvalue weighted by molar-refractivity contribution is -0.135. The Morgan fingerprint density at radius 2 is 1.80 bits per heavy atom. The number of hydrogen-bond donors (Lipinski definition) is 3. The number of carbonyl (C=O) groups excluding carboxylic acids is 2. The first-order valence-corrected chi connectivity index (χ1v) is 15.2. The second kappa shape index (κ2) is 17.9. The summed E-state index contributed by atoms with van der Waals surface area (Å²) >= 11 is 0. The van der Waals surface area contributed by atoms with Crippen molar-refractivity contribution in [3.8, 4) is 29.2 Å². The first kappa shape index (κ1) is 35.2. The highest BCUT2D eigenvalue weighted by atomic mass is 19.1. The van der Waals surface area contributed by atoms with Crippen LogP contribution < -0.4 is 16.0 Å². The SMILES string of the molecule is CCCNc1nc(Nc2ccc(C#N)cc2)nc(-c2ccccc2F)c1C#CCCCNC(=O)[C@H](C)N(C)C(=O)C=CCN(C)C. The molecular weight excluding hydrogens is 583 g/mol. The van der Waals surface area contributed by atoms with Crippen molar-refractivity contribution >= 4 is 29.3 Å². The van der Waals surface area contributed by atoms with E-state index in [1.165, 1.54) is 17.0 Å². The van der Waals surface area contributed by atoms with Gasteiger partial charge in [-0.15, -0.1) is 0 Å². The first-order valence-electron chi connectivity index (χ1n) is 15.2. The monoisotopic (exact) mass is 624 g/mol. The van der Waals surface area contributed by atoms with Crippen molar-refractivity contribution in [1.82, 2.24) is 25.1 Å². The van der Waals surface area contributed by atoms with Crippen molar-refractivity contribution in [3.05, 3.63) is 77.6 Å². The van der Waals surface area contributed by atoms with Crippen molar-refractivity contribution in [1.29, 1.82) is 5.26 Å². The van der Waals surface area contributed by atoms with Crippen LogP contribution in [0.4, 0.5) is 21.8 Å². The van der Waals surface area contributed by atoms with Crippen molar-refractivity contribution in [2.24, 2.45) is 0 Å². The zero-order valence-corrected chi connectivity index (χ0v) is 27.0. The summed E-state index contributed by atoms with van der Waals surface area (Å²) in [6.45, 7) is 5.33. The molecule has 0 aliphatic carbocycles. The molecule has 10 nitrogen and oxygen atoms in total. The molecule has 0 spiro atoms. The van der Waals surface area contributed by atoms with Gasteiger partial charge in [-0.1, -0.05) is 37.0 Å². The van der Waals surface area contributed by atoms with Crippen LogP contribution in [0, 0.1) is 29.0 Å². The third-order valence-electron chi connectivity index (χ3n) is 6.88. The summed E-state index contributed by atoms with van der Waals surface area (Å²) < 4.78 is 15.1. The maximum atomic E-state index is 15.1. The Balaban J connectivity index is 1.76. The molecule has 240 valence electrons. The number of rotatable bonds is 14. The lowest BCUT2D eigenvalue weighted by Gasteiger charge is -2.23. The second-order valence-corrected chi connectivity index (χ2v) is 10.8. The molecule has 0 unspecified atom stereocenters. The van der Waals surface area contributed by atoms with E-state index in [0.29, 0.717) is 60.8 Å². The molecule has 0 radical (unpaired) electrons. The molecule has 3 N–H and O–H groups in total. The number of amides is 2. The molecule has 0 fully saturated rings. The van der Waals surface area contributed by atoms with Crippen molar-refractivity contribution in [3.63, 3.8) is 0 Å². The standard InChI is InChI=1S/C35H41FN8O2/c1-6-21-38-33-29(14-8-7-11-22-39-34(46)25(2)44(5)31(45)16-12-23-43(3)4)32(28-13-9-10-15-30(28)36)41-35(42-33)40-27-19-17-26(24-37)18-20-27/h9-10,12-13,15-20,25H,6-7,11,21-23H2,1-5H3,(H,39,46)(H2,38,40,41,42)/t25-/m0/s1. The molecule has 0 bridgehead atoms. The van der Waals surface area contributed by atoms with Crippen LogP contribution in [0.25, 0.3) is 11.3 Å². The van der Waals surface area contributed by atoms with E-state index >= 15 is 4.39 Å². The summed E-state index contributed by atoms with van der Waals surface area (Å²) in [6, 6.07) is 14.7. The van der Waals surface area contributed by atoms with Crippen LogP contribution in [0.3, 0.4) is 0 Å². The molecule has 2 amide bonds. The molecule has 0 aliphatic heterocycles. The number of aromatic nitrogens is 2. The van der Waals surface area contributed by atoms with Gasteiger partial charge >= 0.3 is 0 Å². The zero-order chi connectivity index (χ0) is 33.5. The van der Waals surface area contributed by atoms with Crippen molar-refractivity contribution in [2.45, 2.75) is 39.2 Å². The van der Waals surface area contributed by atoms with Crippen LogP contribution in [0.1, 0.15) is 44.2 Å². The third-order valence-corrected chi connectivity index (χ3v) is 6.88. The van der Waals surface area contributed by atoms with Crippen molar-refractivity contribution < 1.29 is 14.0 Å². The largest absolute Gasteiger partial charge is 0.369 e. The summed E-state index contributed by atoms with van der Waals surface area (Å²) in [5.74, 6) is 6.06. The smallest absolute Gasteiger partial charge is 0.246 e. The maximum Gasteiger partial charge on any atom is 0.246 e. The van der Waals surface area contributed by atoms with Gasteiger partial charge in [0.05, 0.1) is 22.9 Å². The van der Waals surface area contributed by atoms with E-state index in [0.717, 1.165) is 6.42 Å². The number of nitrogens with zero attached hydrogens (tertiary/aromatic N) is 5. The maximum absolute atomic E-state index is 15.1. The predicted octanol–water partition coefficient (Wildman–Crippen LogP) is 4.93. The minimum atomic E-state index is -0.633. The fourth-order valence-electron chi connectivity index (χ4n) is 4.15. The Kier molecular flexibility index (Phi) is 13.7. The van der Waals surface area contributed by atoms with Crippen molar-refractivity contribution in [2.75, 3.05) is 51.4 Å². The molecule has 3 aromatic rings. The van der Waals surface area contributed by atoms with E-state index in [4.69, 9.17) is 5.26 Å². The summed E-state index contributed by atoms with van der Waals surface area (Å²) in [4.78, 5) is 37.7. The predicted molar refractivity (Wildman–Crippen MR) is 180 cm³/mol. The van der Waals surface area contributed by atoms with Gasteiger partial charge < -0.3 is 25.8 Å². The molecule has 46 heavy (non-hydrogen) atoms. The van der Waals surface area contributed by atoms with Crippen LogP contribution >= 0.6 is 0 Å². The number of carbonyl (C=O) groups is 2. The number of nitriles is 1. The summed E-state index contributed by atoms with van der Waals surface area (Å²) in [5.41, 5.74) is 2.28. The Bertz CT molecular complexity index is 1620. The van der Waals surface area contributed by atoms with E-state index in [2.05, 4.69) is 43.8 Å². The highest BCUT2D eigenvalue weighted by molar-refractivity contribution is 5.92. The zero-order valence-electron chi connectivity index (χ0n) is 27.0. The minimum Gasteiger partial charge on any atom is -0.369 e. The van der Waals surface area contributed by atoms with E-state index < -0.39 is 11.9 Å². The average molecular weight is 625 g/mol. The first-order chi connectivity index (χ1) is 22.1. The number of unbranched alkanes of at least 4 members (excludes halogenated alkanes) is 1. The molecule has 1 heterocycles. The van der Waals surface area contributed by atoms with Crippen LogP contribution in [0.15, 0.2) is 60.7 Å². The topological polar surface area (TPSA) is 126 Å². The fourth-order valence-corrected chi connectivity index (χ4v) is 4.15. The van der Waals surface area contributed by atoms with Gasteiger partial charge in [0.25, 0.3) is 0 Å². The van der Waals surface area contributed by atoms with Gasteiger partial charge in [0.15, 0.2) is 0 Å². The Morgan fingerprint density at radius 3 is 2.48 bits per heavy atom. The van der Waals surface area contributed by atoms with Gasteiger partial charge in [0, 0.05) is 50.4 Å². The molecule has 0 saturated carbocycles. The number of benzene rings is 2. The molecule has 11 heteroatoms. The fraction of sp³-hybridized carbons (Fsp3) is 0.343. The van der Waals surface area contributed by atoms with Crippen LogP contribution in [-0.4, -0.2) is 78.4 Å². The highest BCUT2D eigenvalue weighted by Gasteiger charge is 2.21. The highest BCUT2D eigenvalue weighted by Crippen LogP contribution is 2.30. The molecule has 3 rings (SSSR count). The Morgan fingerprint density at radius 1 is 1.07 bits per heavy atom. The van der Waals surface area contributed by atoms with Gasteiger partial charge in [-0.3, -0.25) is 9.59 Å². The molecule has 0 saturated heterocycles. The molecule has 1 atom stereocenters. The van der Waals surface area contributed by atoms with E-state index in [1.807, 2.05) is 25.9 Å². The lowest BCUT2D eigenvalue weighted by atomic mass is 10.1. The molecular formula is C35H41FN8O2. The van der Waals surface area contributed by atoms with Gasteiger partial charge in [-0.2, -0.15) is 10.2 Å². The number of likely N-dealkylation sites (N-methyl/N-ethyl adjacent to an activating group) is 2. The molecule has 1 aromatic heterocycles. The number of nitrogens with one attached hydrogen (secondary N) is 3. The van der Waals surface area contributed by atoms with Crippen LogP contribution in [0.5, 0.6) is 0 Å². The minimum absolute atomic E-state index is 0.242. The number of anilines is 3. The van der Waals surface area contributed by atoms with Gasteiger partial charge in [0.2, 0.25) is 17.8 Å². The summed E-state index contributed by atoms with van der Waals surface area (Å²) in [7, 11) is 5.42. The Labute approximate surface area is 270 Å². The second-order valence-electron chi connectivity index (χ2n) is 10.8. The van der Waals surface area contributed by atoms with Gasteiger partial charge in [-0.25, -0.2) is 9.37 Å². The van der Waals surface area contributed by atoms with Crippen LogP contribution in [-0.2, 0) is 9.59 Å². The average Bonchev–Trinajstić information content (AvgIpc) is 3.05. The number of hydrogen-bond acceptors (Lipinski definition) is 8. The number of halogens is 1. The lowest BCUT2D eigenvalue weighted by Crippen LogP contribution is -2.45. The van der Waals surface area contributed by atoms with Gasteiger partial charge in [-0.05, 0) is 70.3 Å². The quantitative estimate of drug-likeness (QED) is 0.131. The summed E-state index contributed by atoms with van der Waals surface area (Å²) in [6.07, 6.45) is 5.07. The Hall–Kier alpha value is -5.26. The van der Waals surface area contributed by atoms with Gasteiger partial charge in [0.1, 0.15) is 17.7 Å². The summed E-state index contributed by atoms with van der Waals surface area (Å²) in [5, 5.41) is 18.4. The third kappa shape index (κ3) is 10.4. The van der Waals surface area contributed by atoms with E-state index in [9.17, 15) is 9.59 Å². The molecule has 2 aromatic carbocycles. The van der Waals surface area contributed by atoms with Crippen LogP contribution in [0.2, 0.25) is 0 Å². The normalized spacial score (nSPS) is 11.3. The van der Waals surface area contributed by atoms with E-state index in [1.54, 1.807) is 62.5 Å².